The fraction of sp³-hybridized carbons (Fsp3) is 0.263. The Labute approximate surface area is 133 Å². The molecule has 1 amide bonds. The van der Waals surface area contributed by atoms with E-state index in [1.54, 1.807) is 0 Å². The van der Waals surface area contributed by atoms with Gasteiger partial charge in [-0.2, -0.15) is 0 Å². The van der Waals surface area contributed by atoms with Gasteiger partial charge in [-0.25, -0.2) is 4.98 Å². The lowest BCUT2D eigenvalue weighted by Gasteiger charge is -2.24. The highest BCUT2D eigenvalue weighted by Crippen LogP contribution is 2.37. The van der Waals surface area contributed by atoms with Crippen molar-refractivity contribution in [3.05, 3.63) is 53.3 Å². The molecule has 0 atom stereocenters. The van der Waals surface area contributed by atoms with E-state index < -0.39 is 0 Å². The summed E-state index contributed by atoms with van der Waals surface area (Å²) < 4.78 is 0. The number of nitrogens with zero attached hydrogens (tertiary/aromatic N) is 1. The molecule has 114 valence electrons. The normalized spacial score (nSPS) is 17.1. The number of hydrogen-bond donors (Lipinski definition) is 2. The minimum Gasteiger partial charge on any atom is -0.348 e. The molecule has 4 heteroatoms. The highest BCUT2D eigenvalue weighted by atomic mass is 16.1. The fourth-order valence-corrected chi connectivity index (χ4v) is 3.59. The zero-order valence-corrected chi connectivity index (χ0v) is 12.7. The van der Waals surface area contributed by atoms with E-state index in [-0.39, 0.29) is 5.91 Å². The largest absolute Gasteiger partial charge is 0.348 e. The van der Waals surface area contributed by atoms with Gasteiger partial charge >= 0.3 is 0 Å². The Kier molecular flexibility index (Phi) is 2.62. The Morgan fingerprint density at radius 3 is 2.83 bits per heavy atom. The molecule has 3 aromatic rings. The van der Waals surface area contributed by atoms with Crippen LogP contribution in [0.15, 0.2) is 36.5 Å². The molecule has 1 aliphatic heterocycles. The van der Waals surface area contributed by atoms with Gasteiger partial charge in [0.15, 0.2) is 0 Å². The number of fused-ring (bicyclic) bond motifs is 2. The highest BCUT2D eigenvalue weighted by Gasteiger charge is 2.22. The molecule has 0 radical (unpaired) electrons. The van der Waals surface area contributed by atoms with Crippen molar-refractivity contribution in [3.63, 3.8) is 0 Å². The second-order valence-corrected chi connectivity index (χ2v) is 6.52. The molecule has 2 N–H and O–H groups in total. The Morgan fingerprint density at radius 1 is 1.09 bits per heavy atom. The predicted molar refractivity (Wildman–Crippen MR) is 89.3 cm³/mol. The number of amides is 1. The first-order valence-corrected chi connectivity index (χ1v) is 8.19. The molecule has 1 saturated carbocycles. The molecule has 1 aromatic carbocycles. The van der Waals surface area contributed by atoms with Crippen LogP contribution >= 0.6 is 0 Å². The third kappa shape index (κ3) is 1.91. The number of nitrogens with one attached hydrogen (secondary N) is 2. The van der Waals surface area contributed by atoms with Crippen LogP contribution in [0, 0.1) is 0 Å². The Morgan fingerprint density at radius 2 is 2.00 bits per heavy atom. The van der Waals surface area contributed by atoms with Gasteiger partial charge in [0, 0.05) is 40.9 Å². The Hall–Kier alpha value is -2.62. The van der Waals surface area contributed by atoms with E-state index in [2.05, 4.69) is 28.5 Å². The second-order valence-electron chi connectivity index (χ2n) is 6.52. The molecular formula is C19H17N3O. The van der Waals surface area contributed by atoms with Gasteiger partial charge in [-0.05, 0) is 48.2 Å². The summed E-state index contributed by atoms with van der Waals surface area (Å²) in [5, 5.41) is 4.01. The van der Waals surface area contributed by atoms with Gasteiger partial charge in [0.25, 0.3) is 5.91 Å². The van der Waals surface area contributed by atoms with Crippen LogP contribution in [-0.4, -0.2) is 15.9 Å². The summed E-state index contributed by atoms with van der Waals surface area (Å²) in [6, 6.07) is 10.4. The summed E-state index contributed by atoms with van der Waals surface area (Å²) >= 11 is 0. The average Bonchev–Trinajstić information content (AvgIpc) is 3.09. The summed E-state index contributed by atoms with van der Waals surface area (Å²) in [6.07, 6.45) is 5.87. The average molecular weight is 303 g/mol. The molecule has 3 heterocycles. The lowest BCUT2D eigenvalue weighted by molar-refractivity contribution is 0.0966. The number of pyridine rings is 1. The number of benzene rings is 1. The van der Waals surface area contributed by atoms with Crippen molar-refractivity contribution in [1.29, 1.82) is 0 Å². The maximum Gasteiger partial charge on any atom is 0.251 e. The lowest BCUT2D eigenvalue weighted by atomic mass is 9.82. The molecule has 23 heavy (non-hydrogen) atoms. The lowest BCUT2D eigenvalue weighted by Crippen LogP contribution is -2.12. The van der Waals surface area contributed by atoms with Gasteiger partial charge in [0.2, 0.25) is 0 Å². The maximum absolute atomic E-state index is 11.7. The van der Waals surface area contributed by atoms with Crippen LogP contribution in [0.5, 0.6) is 0 Å². The summed E-state index contributed by atoms with van der Waals surface area (Å²) in [4.78, 5) is 19.8. The smallest absolute Gasteiger partial charge is 0.251 e. The quantitative estimate of drug-likeness (QED) is 0.757. The van der Waals surface area contributed by atoms with Gasteiger partial charge in [0.1, 0.15) is 5.65 Å². The summed E-state index contributed by atoms with van der Waals surface area (Å²) in [6.45, 7) is 0.619. The van der Waals surface area contributed by atoms with Gasteiger partial charge in [-0.3, -0.25) is 4.79 Å². The van der Waals surface area contributed by atoms with Crippen molar-refractivity contribution in [1.82, 2.24) is 15.3 Å². The zero-order chi connectivity index (χ0) is 15.4. The molecule has 1 fully saturated rings. The fourth-order valence-electron chi connectivity index (χ4n) is 3.59. The maximum atomic E-state index is 11.7. The number of carbonyl (C=O) groups is 1. The number of carbonyl (C=O) groups excluding carboxylic acids is 1. The van der Waals surface area contributed by atoms with Gasteiger partial charge in [0.05, 0.1) is 0 Å². The monoisotopic (exact) mass is 303 g/mol. The van der Waals surface area contributed by atoms with Crippen LogP contribution in [-0.2, 0) is 6.54 Å². The van der Waals surface area contributed by atoms with Gasteiger partial charge in [-0.15, -0.1) is 0 Å². The number of rotatable bonds is 2. The van der Waals surface area contributed by atoms with Crippen molar-refractivity contribution in [2.45, 2.75) is 31.7 Å². The predicted octanol–water partition coefficient (Wildman–Crippen LogP) is 3.74. The van der Waals surface area contributed by atoms with Gasteiger partial charge in [-0.1, -0.05) is 12.5 Å². The first-order valence-electron chi connectivity index (χ1n) is 8.19. The number of H-pyrrole nitrogens is 1. The SMILES string of the molecule is O=C1NCc2cc(-c3c[nH]c4nc(C5CCC5)ccc34)ccc21. The molecule has 2 aliphatic rings. The number of aromatic nitrogens is 2. The van der Waals surface area contributed by atoms with E-state index >= 15 is 0 Å². The van der Waals surface area contributed by atoms with Crippen molar-refractivity contribution < 1.29 is 4.79 Å². The molecule has 0 saturated heterocycles. The number of aromatic amines is 1. The molecule has 0 unspecified atom stereocenters. The Bertz CT molecular complexity index is 937. The van der Waals surface area contributed by atoms with Crippen molar-refractivity contribution >= 4 is 16.9 Å². The summed E-state index contributed by atoms with van der Waals surface area (Å²) in [7, 11) is 0. The molecular weight excluding hydrogens is 286 g/mol. The van der Waals surface area contributed by atoms with E-state index in [1.807, 2.05) is 18.3 Å². The number of hydrogen-bond acceptors (Lipinski definition) is 2. The third-order valence-electron chi connectivity index (χ3n) is 5.18. The van der Waals surface area contributed by atoms with Crippen LogP contribution < -0.4 is 5.32 Å². The van der Waals surface area contributed by atoms with E-state index in [0.29, 0.717) is 12.5 Å². The van der Waals surface area contributed by atoms with Crippen LogP contribution in [0.1, 0.15) is 46.8 Å². The molecule has 0 bridgehead atoms. The van der Waals surface area contributed by atoms with Crippen LogP contribution in [0.4, 0.5) is 0 Å². The summed E-state index contributed by atoms with van der Waals surface area (Å²) in [5.41, 5.74) is 6.30. The van der Waals surface area contributed by atoms with Crippen molar-refractivity contribution in [3.8, 4) is 11.1 Å². The highest BCUT2D eigenvalue weighted by molar-refractivity contribution is 6.00. The van der Waals surface area contributed by atoms with E-state index in [0.717, 1.165) is 33.3 Å². The molecule has 1 aliphatic carbocycles. The van der Waals surface area contributed by atoms with Gasteiger partial charge < -0.3 is 10.3 Å². The van der Waals surface area contributed by atoms with Crippen molar-refractivity contribution in [2.75, 3.05) is 0 Å². The molecule has 4 nitrogen and oxygen atoms in total. The van der Waals surface area contributed by atoms with Crippen molar-refractivity contribution in [2.24, 2.45) is 0 Å². The minimum atomic E-state index is 0.0253. The topological polar surface area (TPSA) is 57.8 Å². The summed E-state index contributed by atoms with van der Waals surface area (Å²) in [5.74, 6) is 0.667. The first-order chi connectivity index (χ1) is 11.3. The Balaban J connectivity index is 1.59. The molecule has 2 aromatic heterocycles. The third-order valence-corrected chi connectivity index (χ3v) is 5.18. The van der Waals surface area contributed by atoms with Crippen LogP contribution in [0.3, 0.4) is 0 Å². The zero-order valence-electron chi connectivity index (χ0n) is 12.7. The van der Waals surface area contributed by atoms with E-state index in [1.165, 1.54) is 25.0 Å². The second kappa shape index (κ2) is 4.69. The molecule has 0 spiro atoms. The van der Waals surface area contributed by atoms with Crippen LogP contribution in [0.2, 0.25) is 0 Å². The van der Waals surface area contributed by atoms with Crippen LogP contribution in [0.25, 0.3) is 22.2 Å². The van der Waals surface area contributed by atoms with E-state index in [9.17, 15) is 4.79 Å². The van der Waals surface area contributed by atoms with E-state index in [4.69, 9.17) is 4.98 Å². The molecule has 5 rings (SSSR count). The minimum absolute atomic E-state index is 0.0253. The standard InChI is InChI=1S/C19H17N3O/c23-19-14-5-4-12(8-13(14)9-21-19)16-10-20-18-15(16)6-7-17(22-18)11-2-1-3-11/h4-8,10-11H,1-3,9H2,(H,20,22)(H,21,23). The first kappa shape index (κ1) is 12.9.